The van der Waals surface area contributed by atoms with Gasteiger partial charge in [-0.3, -0.25) is 19.3 Å². The van der Waals surface area contributed by atoms with Crippen LogP contribution in [-0.4, -0.2) is 96.6 Å². The molecule has 5 aliphatic rings. The van der Waals surface area contributed by atoms with Crippen LogP contribution in [0.25, 0.3) is 0 Å². The third-order valence-electron chi connectivity index (χ3n) is 8.08. The first-order valence-corrected chi connectivity index (χ1v) is 13.9. The van der Waals surface area contributed by atoms with Gasteiger partial charge in [-0.05, 0) is 52.4 Å². The average molecular weight is 498 g/mol. The number of carbonyl (C=O) groups is 3. The molecular weight excluding hydrogens is 462 g/mol. The largest absolute Gasteiger partial charge is 0.344 e. The smallest absolute Gasteiger partial charge is 0.327 e. The van der Waals surface area contributed by atoms with Crippen molar-refractivity contribution in [3.63, 3.8) is 0 Å². The summed E-state index contributed by atoms with van der Waals surface area (Å²) in [5.74, 6) is -0.698. The normalized spacial score (nSPS) is 35.8. The van der Waals surface area contributed by atoms with Crippen molar-refractivity contribution in [2.75, 3.05) is 26.2 Å². The molecule has 5 fully saturated rings. The number of likely N-dealkylation sites (tertiary alicyclic amines) is 1. The number of hydrogen-bond donors (Lipinski definition) is 2. The van der Waals surface area contributed by atoms with Crippen LogP contribution in [0.15, 0.2) is 0 Å². The van der Waals surface area contributed by atoms with Gasteiger partial charge in [0.05, 0.1) is 23.8 Å². The summed E-state index contributed by atoms with van der Waals surface area (Å²) >= 11 is 0. The maximum Gasteiger partial charge on any atom is 0.327 e. The number of sulfonamides is 1. The maximum atomic E-state index is 13.6. The van der Waals surface area contributed by atoms with E-state index < -0.39 is 21.2 Å². The quantitative estimate of drug-likeness (QED) is 0.453. The molecule has 0 aromatic heterocycles. The second-order valence-corrected chi connectivity index (χ2v) is 13.1. The predicted octanol–water partition coefficient (Wildman–Crippen LogP) is 0.0300. The minimum atomic E-state index is -3.56. The minimum absolute atomic E-state index is 0.132. The summed E-state index contributed by atoms with van der Waals surface area (Å²) in [6.45, 7) is 5.66. The van der Waals surface area contributed by atoms with Gasteiger partial charge in [0.2, 0.25) is 22.3 Å². The number of imide groups is 1. The number of urea groups is 1. The zero-order chi connectivity index (χ0) is 24.3. The van der Waals surface area contributed by atoms with Crippen LogP contribution in [0.1, 0.15) is 52.4 Å². The lowest BCUT2D eigenvalue weighted by Gasteiger charge is -2.50. The molecule has 5 rings (SSSR count). The molecule has 2 saturated carbocycles. The van der Waals surface area contributed by atoms with E-state index in [0.29, 0.717) is 38.9 Å². The summed E-state index contributed by atoms with van der Waals surface area (Å²) in [7, 11) is -3.56. The highest BCUT2D eigenvalue weighted by molar-refractivity contribution is 7.90. The second-order valence-electron chi connectivity index (χ2n) is 11.1. The van der Waals surface area contributed by atoms with Gasteiger partial charge in [0.25, 0.3) is 0 Å². The van der Waals surface area contributed by atoms with Crippen LogP contribution in [0.2, 0.25) is 0 Å². The first kappa shape index (κ1) is 24.0. The van der Waals surface area contributed by atoms with E-state index in [1.165, 1.54) is 4.90 Å². The molecule has 11 nitrogen and oxygen atoms in total. The molecule has 0 bridgehead atoms. The number of fused-ring (bicyclic) bond motifs is 1. The highest BCUT2D eigenvalue weighted by atomic mass is 32.2. The number of hydroxylamine groups is 1. The monoisotopic (exact) mass is 497 g/mol. The summed E-state index contributed by atoms with van der Waals surface area (Å²) in [4.78, 5) is 48.3. The summed E-state index contributed by atoms with van der Waals surface area (Å²) in [5, 5.41) is -0.647. The predicted molar refractivity (Wildman–Crippen MR) is 122 cm³/mol. The van der Waals surface area contributed by atoms with Crippen molar-refractivity contribution in [3.05, 3.63) is 0 Å². The topological polar surface area (TPSA) is 128 Å². The molecule has 0 spiro atoms. The van der Waals surface area contributed by atoms with Gasteiger partial charge in [-0.15, -0.1) is 0 Å². The van der Waals surface area contributed by atoms with Crippen LogP contribution in [0, 0.1) is 11.8 Å². The SMILES string of the molecule is CC1CC(CN2C(=O)C3CC(S(=O)(=O)NC4(C)CC4)CCC3N(CC3CN(C=O)C3)C2=O)ON1. The fourth-order valence-electron chi connectivity index (χ4n) is 5.83. The lowest BCUT2D eigenvalue weighted by atomic mass is 9.80. The molecule has 190 valence electrons. The van der Waals surface area contributed by atoms with Crippen LogP contribution in [0.5, 0.6) is 0 Å². The molecule has 12 heteroatoms. The Balaban J connectivity index is 1.35. The Labute approximate surface area is 200 Å². The van der Waals surface area contributed by atoms with Crippen molar-refractivity contribution in [2.24, 2.45) is 11.8 Å². The lowest BCUT2D eigenvalue weighted by Crippen LogP contribution is -2.66. The Bertz CT molecular complexity index is 949. The van der Waals surface area contributed by atoms with E-state index in [4.69, 9.17) is 4.84 Å². The average Bonchev–Trinajstić information content (AvgIpc) is 3.33. The van der Waals surface area contributed by atoms with Gasteiger partial charge in [-0.1, -0.05) is 0 Å². The fraction of sp³-hybridized carbons (Fsp3) is 0.864. The van der Waals surface area contributed by atoms with E-state index in [0.717, 1.165) is 19.3 Å². The highest BCUT2D eigenvalue weighted by Crippen LogP contribution is 2.40. The molecule has 3 heterocycles. The van der Waals surface area contributed by atoms with Crippen LogP contribution < -0.4 is 10.2 Å². The fourth-order valence-corrected chi connectivity index (χ4v) is 7.80. The third-order valence-corrected chi connectivity index (χ3v) is 10.2. The Morgan fingerprint density at radius 2 is 1.91 bits per heavy atom. The molecular formula is C22H35N5O6S. The van der Waals surface area contributed by atoms with Gasteiger partial charge in [-0.25, -0.2) is 17.9 Å². The molecule has 3 aliphatic heterocycles. The van der Waals surface area contributed by atoms with E-state index in [2.05, 4.69) is 10.2 Å². The number of rotatable bonds is 8. The Kier molecular flexibility index (Phi) is 6.14. The lowest BCUT2D eigenvalue weighted by molar-refractivity contribution is -0.143. The molecule has 5 atom stereocenters. The van der Waals surface area contributed by atoms with Crippen LogP contribution in [0.4, 0.5) is 4.79 Å². The Morgan fingerprint density at radius 3 is 2.53 bits per heavy atom. The second kappa shape index (κ2) is 8.72. The van der Waals surface area contributed by atoms with Crippen molar-refractivity contribution < 1.29 is 27.6 Å². The van der Waals surface area contributed by atoms with Gasteiger partial charge in [0.15, 0.2) is 0 Å². The number of amides is 4. The molecule has 4 amide bonds. The highest BCUT2D eigenvalue weighted by Gasteiger charge is 2.53. The van der Waals surface area contributed by atoms with Gasteiger partial charge in [-0.2, -0.15) is 5.48 Å². The van der Waals surface area contributed by atoms with Crippen molar-refractivity contribution >= 4 is 28.4 Å². The standard InChI is InChI=1S/C22H35N5O6S/c1-14-7-16(33-23-14)12-27-20(29)18-8-17(34(31,32)24-22(2)5-6-22)3-4-19(18)26(21(27)30)11-15-9-25(10-15)13-28/h13-19,23-24H,3-12H2,1-2H3. The molecule has 5 unspecified atom stereocenters. The molecule has 2 aliphatic carbocycles. The molecule has 0 aromatic rings. The van der Waals surface area contributed by atoms with E-state index in [9.17, 15) is 22.8 Å². The number of nitrogens with one attached hydrogen (secondary N) is 2. The molecule has 34 heavy (non-hydrogen) atoms. The van der Waals surface area contributed by atoms with Crippen molar-refractivity contribution in [3.8, 4) is 0 Å². The summed E-state index contributed by atoms with van der Waals surface area (Å²) in [6.07, 6.45) is 3.95. The van der Waals surface area contributed by atoms with Crippen molar-refractivity contribution in [1.82, 2.24) is 24.9 Å². The first-order chi connectivity index (χ1) is 16.1. The van der Waals surface area contributed by atoms with Gasteiger partial charge < -0.3 is 9.80 Å². The zero-order valence-corrected chi connectivity index (χ0v) is 20.6. The van der Waals surface area contributed by atoms with Crippen molar-refractivity contribution in [2.45, 2.75) is 81.3 Å². The van der Waals surface area contributed by atoms with Gasteiger partial charge in [0, 0.05) is 43.2 Å². The number of hydrogen-bond acceptors (Lipinski definition) is 7. The molecule has 2 N–H and O–H groups in total. The summed E-state index contributed by atoms with van der Waals surface area (Å²) in [5.41, 5.74) is 2.52. The van der Waals surface area contributed by atoms with Crippen LogP contribution in [0.3, 0.4) is 0 Å². The van der Waals surface area contributed by atoms with Crippen LogP contribution in [-0.2, 0) is 24.4 Å². The minimum Gasteiger partial charge on any atom is -0.344 e. The first-order valence-electron chi connectivity index (χ1n) is 12.3. The van der Waals surface area contributed by atoms with Crippen molar-refractivity contribution in [1.29, 1.82) is 0 Å². The third kappa shape index (κ3) is 4.57. The van der Waals surface area contributed by atoms with Gasteiger partial charge >= 0.3 is 6.03 Å². The zero-order valence-electron chi connectivity index (χ0n) is 19.8. The van der Waals surface area contributed by atoms with Crippen LogP contribution >= 0.6 is 0 Å². The Hall–Kier alpha value is -1.76. The molecule has 0 aromatic carbocycles. The number of nitrogens with zero attached hydrogens (tertiary/aromatic N) is 3. The van der Waals surface area contributed by atoms with E-state index in [1.807, 2.05) is 13.8 Å². The summed E-state index contributed by atoms with van der Waals surface area (Å²) < 4.78 is 29.0. The van der Waals surface area contributed by atoms with E-state index in [-0.39, 0.29) is 54.5 Å². The summed E-state index contributed by atoms with van der Waals surface area (Å²) in [6, 6.07) is -0.512. The van der Waals surface area contributed by atoms with E-state index in [1.54, 1.807) is 9.80 Å². The Morgan fingerprint density at radius 1 is 1.18 bits per heavy atom. The van der Waals surface area contributed by atoms with E-state index >= 15 is 0 Å². The van der Waals surface area contributed by atoms with Gasteiger partial charge in [0.1, 0.15) is 0 Å². The number of carbonyl (C=O) groups excluding carboxylic acids is 3. The molecule has 3 saturated heterocycles. The molecule has 0 radical (unpaired) electrons. The maximum absolute atomic E-state index is 13.6.